The highest BCUT2D eigenvalue weighted by Gasteiger charge is 2.16. The zero-order chi connectivity index (χ0) is 9.42. The maximum atomic E-state index is 4.47. The lowest BCUT2D eigenvalue weighted by molar-refractivity contribution is 0.756. The van der Waals surface area contributed by atoms with E-state index in [2.05, 4.69) is 15.3 Å². The molecule has 2 heterocycles. The van der Waals surface area contributed by atoms with E-state index in [0.29, 0.717) is 0 Å². The van der Waals surface area contributed by atoms with Gasteiger partial charge in [0, 0.05) is 38.4 Å². The minimum absolute atomic E-state index is 0.806. The Hall–Kier alpha value is -1.16. The predicted molar refractivity (Wildman–Crippen MR) is 51.6 cm³/mol. The van der Waals surface area contributed by atoms with Crippen LogP contribution in [0.5, 0.6) is 0 Å². The van der Waals surface area contributed by atoms with E-state index in [4.69, 9.17) is 0 Å². The maximum absolute atomic E-state index is 4.47. The van der Waals surface area contributed by atoms with Crippen molar-refractivity contribution in [2.24, 2.45) is 0 Å². The van der Waals surface area contributed by atoms with Crippen LogP contribution in [0.3, 0.4) is 0 Å². The molecule has 0 saturated heterocycles. The third kappa shape index (κ3) is 1.37. The molecule has 0 aromatic carbocycles. The fourth-order valence-electron chi connectivity index (χ4n) is 1.52. The largest absolute Gasteiger partial charge is 0.347 e. The molecule has 1 N–H and O–H groups in total. The lowest BCUT2D eigenvalue weighted by atomic mass is 10.2. The summed E-state index contributed by atoms with van der Waals surface area (Å²) in [5.41, 5.74) is 3.51. The second-order valence-corrected chi connectivity index (χ2v) is 3.53. The van der Waals surface area contributed by atoms with Crippen LogP contribution in [0.2, 0.25) is 0 Å². The van der Waals surface area contributed by atoms with Crippen molar-refractivity contribution in [1.82, 2.24) is 15.3 Å². The van der Waals surface area contributed by atoms with Crippen molar-refractivity contribution in [2.75, 3.05) is 19.0 Å². The van der Waals surface area contributed by atoms with E-state index in [1.165, 1.54) is 5.56 Å². The van der Waals surface area contributed by atoms with Crippen LogP contribution in [-0.2, 0) is 13.1 Å². The van der Waals surface area contributed by atoms with Crippen LogP contribution in [0, 0.1) is 6.92 Å². The van der Waals surface area contributed by atoms with Gasteiger partial charge >= 0.3 is 0 Å². The molecule has 0 aliphatic carbocycles. The van der Waals surface area contributed by atoms with Gasteiger partial charge in [-0.3, -0.25) is 0 Å². The molecule has 1 aliphatic heterocycles. The molecule has 0 atom stereocenters. The molecule has 0 fully saturated rings. The molecule has 0 bridgehead atoms. The molecular weight excluding hydrogens is 164 g/mol. The number of aryl methyl sites for hydroxylation is 1. The number of hydrogen-bond acceptors (Lipinski definition) is 4. The number of aromatic nitrogens is 2. The van der Waals surface area contributed by atoms with E-state index < -0.39 is 0 Å². The Bertz CT molecular complexity index is 333. The summed E-state index contributed by atoms with van der Waals surface area (Å²) in [4.78, 5) is 10.8. The summed E-state index contributed by atoms with van der Waals surface area (Å²) in [5, 5.41) is 3.27. The highest BCUT2D eigenvalue weighted by atomic mass is 15.2. The van der Waals surface area contributed by atoms with Crippen LogP contribution >= 0.6 is 0 Å². The van der Waals surface area contributed by atoms with Crippen molar-refractivity contribution in [1.29, 1.82) is 0 Å². The Labute approximate surface area is 78.0 Å². The first-order valence-corrected chi connectivity index (χ1v) is 4.43. The Balaban J connectivity index is 2.49. The number of rotatable bonds is 1. The topological polar surface area (TPSA) is 41.1 Å². The van der Waals surface area contributed by atoms with Gasteiger partial charge in [0.15, 0.2) is 0 Å². The third-order valence-corrected chi connectivity index (χ3v) is 2.28. The summed E-state index contributed by atoms with van der Waals surface area (Å²) < 4.78 is 0. The lowest BCUT2D eigenvalue weighted by Gasteiger charge is -2.12. The second-order valence-electron chi connectivity index (χ2n) is 3.53. The van der Waals surface area contributed by atoms with Crippen molar-refractivity contribution < 1.29 is 0 Å². The molecule has 13 heavy (non-hydrogen) atoms. The van der Waals surface area contributed by atoms with Crippen molar-refractivity contribution >= 4 is 5.95 Å². The van der Waals surface area contributed by atoms with Gasteiger partial charge in [-0.15, -0.1) is 0 Å². The van der Waals surface area contributed by atoms with Crippen LogP contribution in [-0.4, -0.2) is 24.1 Å². The zero-order valence-electron chi connectivity index (χ0n) is 8.26. The molecule has 2 rings (SSSR count). The second kappa shape index (κ2) is 2.96. The summed E-state index contributed by atoms with van der Waals surface area (Å²) in [7, 11) is 3.92. The average Bonchev–Trinajstić information content (AvgIpc) is 2.51. The number of fused-ring (bicyclic) bond motifs is 1. The number of nitrogens with zero attached hydrogens (tertiary/aromatic N) is 3. The first-order valence-electron chi connectivity index (χ1n) is 4.43. The summed E-state index contributed by atoms with van der Waals surface area (Å²) in [6.45, 7) is 3.83. The zero-order valence-corrected chi connectivity index (χ0v) is 8.26. The Morgan fingerprint density at radius 2 is 2.00 bits per heavy atom. The van der Waals surface area contributed by atoms with Crippen molar-refractivity contribution in [2.45, 2.75) is 20.0 Å². The molecule has 0 saturated carbocycles. The minimum Gasteiger partial charge on any atom is -0.347 e. The molecule has 4 heteroatoms. The van der Waals surface area contributed by atoms with Gasteiger partial charge in [-0.05, 0) is 6.92 Å². The van der Waals surface area contributed by atoms with E-state index in [1.54, 1.807) is 0 Å². The van der Waals surface area contributed by atoms with Gasteiger partial charge in [-0.2, -0.15) is 0 Å². The smallest absolute Gasteiger partial charge is 0.225 e. The molecule has 1 aliphatic rings. The summed E-state index contributed by atoms with van der Waals surface area (Å²) in [6, 6.07) is 0. The summed E-state index contributed by atoms with van der Waals surface area (Å²) >= 11 is 0. The molecule has 70 valence electrons. The third-order valence-electron chi connectivity index (χ3n) is 2.28. The summed E-state index contributed by atoms with van der Waals surface area (Å²) in [5.74, 6) is 0.806. The van der Waals surface area contributed by atoms with Gasteiger partial charge in [-0.1, -0.05) is 0 Å². The number of anilines is 1. The van der Waals surface area contributed by atoms with Crippen LogP contribution < -0.4 is 10.2 Å². The van der Waals surface area contributed by atoms with Crippen LogP contribution in [0.15, 0.2) is 0 Å². The molecule has 1 aromatic rings. The van der Waals surface area contributed by atoms with E-state index in [0.717, 1.165) is 30.4 Å². The van der Waals surface area contributed by atoms with Crippen LogP contribution in [0.25, 0.3) is 0 Å². The van der Waals surface area contributed by atoms with Gasteiger partial charge < -0.3 is 10.2 Å². The molecular formula is C9H14N4. The van der Waals surface area contributed by atoms with Crippen LogP contribution in [0.4, 0.5) is 5.95 Å². The fourth-order valence-corrected chi connectivity index (χ4v) is 1.52. The van der Waals surface area contributed by atoms with Crippen molar-refractivity contribution in [3.63, 3.8) is 0 Å². The fraction of sp³-hybridized carbons (Fsp3) is 0.556. The lowest BCUT2D eigenvalue weighted by Crippen LogP contribution is -2.14. The van der Waals surface area contributed by atoms with Crippen LogP contribution in [0.1, 0.15) is 17.0 Å². The van der Waals surface area contributed by atoms with E-state index in [1.807, 2.05) is 25.9 Å². The quantitative estimate of drug-likeness (QED) is 0.678. The first-order chi connectivity index (χ1) is 6.18. The monoisotopic (exact) mass is 178 g/mol. The number of hydrogen-bond donors (Lipinski definition) is 1. The van der Waals surface area contributed by atoms with Gasteiger partial charge in [-0.25, -0.2) is 9.97 Å². The molecule has 0 spiro atoms. The van der Waals surface area contributed by atoms with E-state index in [-0.39, 0.29) is 0 Å². The molecule has 4 nitrogen and oxygen atoms in total. The standard InChI is InChI=1S/C9H14N4/c1-6-7-4-10-5-8(7)12-9(11-6)13(2)3/h10H,4-5H2,1-3H3. The summed E-state index contributed by atoms with van der Waals surface area (Å²) in [6.07, 6.45) is 0. The SMILES string of the molecule is Cc1nc(N(C)C)nc2c1CNC2. The predicted octanol–water partition coefficient (Wildman–Crippen LogP) is 0.454. The van der Waals surface area contributed by atoms with E-state index >= 15 is 0 Å². The average molecular weight is 178 g/mol. The van der Waals surface area contributed by atoms with E-state index in [9.17, 15) is 0 Å². The molecule has 0 amide bonds. The maximum Gasteiger partial charge on any atom is 0.225 e. The van der Waals surface area contributed by atoms with Gasteiger partial charge in [0.1, 0.15) is 0 Å². The Morgan fingerprint density at radius 1 is 1.23 bits per heavy atom. The van der Waals surface area contributed by atoms with Gasteiger partial charge in [0.2, 0.25) is 5.95 Å². The molecule has 1 aromatic heterocycles. The van der Waals surface area contributed by atoms with Gasteiger partial charge in [0.25, 0.3) is 0 Å². The van der Waals surface area contributed by atoms with Crippen molar-refractivity contribution in [3.8, 4) is 0 Å². The number of nitrogens with one attached hydrogen (secondary N) is 1. The normalized spacial score (nSPS) is 14.4. The highest BCUT2D eigenvalue weighted by molar-refractivity contribution is 5.37. The Kier molecular flexibility index (Phi) is 1.92. The van der Waals surface area contributed by atoms with Gasteiger partial charge in [0.05, 0.1) is 5.69 Å². The highest BCUT2D eigenvalue weighted by Crippen LogP contribution is 2.18. The van der Waals surface area contributed by atoms with Crippen molar-refractivity contribution in [3.05, 3.63) is 17.0 Å². The molecule has 0 unspecified atom stereocenters. The first kappa shape index (κ1) is 8.44. The molecule has 0 radical (unpaired) electrons. The Morgan fingerprint density at radius 3 is 2.69 bits per heavy atom. The minimum atomic E-state index is 0.806.